The molecular weight excluding hydrogens is 223 g/mol. The van der Waals surface area contributed by atoms with Gasteiger partial charge >= 0.3 is 15.6 Å². The highest BCUT2D eigenvalue weighted by Gasteiger charge is 2.44. The Bertz CT molecular complexity index is 242. The Balaban J connectivity index is 0. The lowest BCUT2D eigenvalue weighted by Gasteiger charge is -1.97. The lowest BCUT2D eigenvalue weighted by Crippen LogP contribution is -2.21. The molecule has 0 heterocycles. The molecule has 0 fully saturated rings. The lowest BCUT2D eigenvalue weighted by atomic mass is 10.9. The standard InChI is InChI=1S/C2H4ClN.CHF3O3S/c1-2(3)4;2-1(3,4)8(5,6)7/h4H,1H3;(H,5,6,7). The maximum absolute atomic E-state index is 10.7. The molecule has 0 aliphatic heterocycles. The third-order valence-corrected chi connectivity index (χ3v) is 0.877. The summed E-state index contributed by atoms with van der Waals surface area (Å²) < 4.78 is 57.5. The van der Waals surface area contributed by atoms with E-state index in [0.717, 1.165) is 0 Å². The molecule has 0 rings (SSSR count). The molecule has 0 aromatic carbocycles. The smallest absolute Gasteiger partial charge is 0.293 e. The zero-order valence-electron chi connectivity index (χ0n) is 5.68. The van der Waals surface area contributed by atoms with Crippen LogP contribution in [0.15, 0.2) is 0 Å². The van der Waals surface area contributed by atoms with Crippen LogP contribution < -0.4 is 0 Å². The third-order valence-electron chi connectivity index (χ3n) is 0.292. The fraction of sp³-hybridized carbons (Fsp3) is 0.667. The Hall–Kier alpha value is -0.340. The molecular formula is C3H5ClF3NO3S. The van der Waals surface area contributed by atoms with Gasteiger partial charge in [0.15, 0.2) is 0 Å². The van der Waals surface area contributed by atoms with Gasteiger partial charge in [0.1, 0.15) is 0 Å². The van der Waals surface area contributed by atoms with E-state index in [1.807, 2.05) is 0 Å². The van der Waals surface area contributed by atoms with Gasteiger partial charge in [-0.05, 0) is 6.92 Å². The summed E-state index contributed by atoms with van der Waals surface area (Å²) in [4.78, 5) is 0. The van der Waals surface area contributed by atoms with Crippen molar-refractivity contribution in [1.82, 2.24) is 0 Å². The zero-order valence-corrected chi connectivity index (χ0v) is 7.26. The van der Waals surface area contributed by atoms with Crippen molar-refractivity contribution < 1.29 is 26.1 Å². The van der Waals surface area contributed by atoms with Crippen molar-refractivity contribution in [1.29, 1.82) is 5.41 Å². The monoisotopic (exact) mass is 227 g/mol. The second-order valence-electron chi connectivity index (χ2n) is 1.45. The molecule has 0 radical (unpaired) electrons. The van der Waals surface area contributed by atoms with Crippen molar-refractivity contribution >= 4 is 26.9 Å². The number of rotatable bonds is 0. The summed E-state index contributed by atoms with van der Waals surface area (Å²) in [5, 5.41) is 6.40. The van der Waals surface area contributed by atoms with Crippen LogP contribution in [0, 0.1) is 5.41 Å². The molecule has 0 aromatic rings. The number of alkyl halides is 3. The van der Waals surface area contributed by atoms with Crippen LogP contribution in [0.2, 0.25) is 0 Å². The van der Waals surface area contributed by atoms with Crippen LogP contribution in [0.4, 0.5) is 13.2 Å². The van der Waals surface area contributed by atoms with Crippen molar-refractivity contribution in [2.24, 2.45) is 0 Å². The van der Waals surface area contributed by atoms with E-state index in [1.165, 1.54) is 6.92 Å². The Kier molecular flexibility index (Phi) is 5.48. The van der Waals surface area contributed by atoms with Gasteiger partial charge in [0.05, 0.1) is 5.17 Å². The maximum Gasteiger partial charge on any atom is 0.522 e. The summed E-state index contributed by atoms with van der Waals surface area (Å²) in [6, 6.07) is 0. The Morgan fingerprint density at radius 1 is 1.50 bits per heavy atom. The second kappa shape index (κ2) is 4.63. The largest absolute Gasteiger partial charge is 0.522 e. The summed E-state index contributed by atoms with van der Waals surface area (Å²) in [5.41, 5.74) is -5.53. The first-order valence-corrected chi connectivity index (χ1v) is 4.04. The van der Waals surface area contributed by atoms with Crippen molar-refractivity contribution in [3.05, 3.63) is 0 Å². The highest BCUT2D eigenvalue weighted by atomic mass is 35.5. The molecule has 0 amide bonds. The van der Waals surface area contributed by atoms with Gasteiger partial charge in [0.2, 0.25) is 0 Å². The van der Waals surface area contributed by atoms with Gasteiger partial charge in [-0.2, -0.15) is 21.6 Å². The van der Waals surface area contributed by atoms with E-state index < -0.39 is 15.6 Å². The third kappa shape index (κ3) is 9.66. The average Bonchev–Trinajstić information content (AvgIpc) is 1.55. The fourth-order valence-electron chi connectivity index (χ4n) is 0. The van der Waals surface area contributed by atoms with E-state index in [4.69, 9.17) is 30.0 Å². The van der Waals surface area contributed by atoms with Crippen LogP contribution in [-0.4, -0.2) is 23.6 Å². The number of halogens is 4. The van der Waals surface area contributed by atoms with Gasteiger partial charge in [-0.25, -0.2) is 0 Å². The van der Waals surface area contributed by atoms with Gasteiger partial charge in [-0.1, -0.05) is 11.6 Å². The first-order chi connectivity index (χ1) is 4.98. The predicted molar refractivity (Wildman–Crippen MR) is 36.9 cm³/mol. The summed E-state index contributed by atoms with van der Waals surface area (Å²) in [7, 11) is -5.84. The molecule has 0 aliphatic rings. The molecule has 0 atom stereocenters. The summed E-state index contributed by atoms with van der Waals surface area (Å²) in [6.45, 7) is 1.52. The molecule has 0 aromatic heterocycles. The molecule has 9 heteroatoms. The minimum Gasteiger partial charge on any atom is -0.293 e. The minimum absolute atomic E-state index is 0.139. The van der Waals surface area contributed by atoms with Crippen LogP contribution in [-0.2, 0) is 10.1 Å². The van der Waals surface area contributed by atoms with Gasteiger partial charge in [-0.3, -0.25) is 9.96 Å². The molecule has 74 valence electrons. The maximum atomic E-state index is 10.7. The summed E-state index contributed by atoms with van der Waals surface area (Å²) >= 11 is 4.86. The van der Waals surface area contributed by atoms with Crippen molar-refractivity contribution in [2.45, 2.75) is 12.4 Å². The second-order valence-corrected chi connectivity index (χ2v) is 3.43. The zero-order chi connectivity index (χ0) is 10.6. The molecule has 0 saturated heterocycles. The molecule has 2 N–H and O–H groups in total. The quantitative estimate of drug-likeness (QED) is 0.375. The molecule has 12 heavy (non-hydrogen) atoms. The van der Waals surface area contributed by atoms with E-state index in [2.05, 4.69) is 0 Å². The first kappa shape index (κ1) is 14.2. The molecule has 4 nitrogen and oxygen atoms in total. The van der Waals surface area contributed by atoms with Crippen molar-refractivity contribution in [3.8, 4) is 0 Å². The van der Waals surface area contributed by atoms with Crippen LogP contribution in [0.25, 0.3) is 0 Å². The van der Waals surface area contributed by atoms with Crippen LogP contribution in [0.3, 0.4) is 0 Å². The van der Waals surface area contributed by atoms with Crippen LogP contribution in [0.5, 0.6) is 0 Å². The topological polar surface area (TPSA) is 78.2 Å². The van der Waals surface area contributed by atoms with Gasteiger partial charge in [0.25, 0.3) is 0 Å². The minimum atomic E-state index is -5.84. The molecule has 0 unspecified atom stereocenters. The van der Waals surface area contributed by atoms with E-state index in [-0.39, 0.29) is 5.17 Å². The molecule has 0 saturated carbocycles. The number of hydrogen-bond acceptors (Lipinski definition) is 3. The summed E-state index contributed by atoms with van der Waals surface area (Å²) in [5.74, 6) is 0. The average molecular weight is 228 g/mol. The molecule has 0 spiro atoms. The Morgan fingerprint density at radius 2 is 1.58 bits per heavy atom. The van der Waals surface area contributed by atoms with E-state index in [9.17, 15) is 13.2 Å². The van der Waals surface area contributed by atoms with Crippen LogP contribution >= 0.6 is 11.6 Å². The van der Waals surface area contributed by atoms with E-state index in [1.54, 1.807) is 0 Å². The Morgan fingerprint density at radius 3 is 1.58 bits per heavy atom. The van der Waals surface area contributed by atoms with Gasteiger partial charge in [0, 0.05) is 0 Å². The first-order valence-electron chi connectivity index (χ1n) is 2.23. The van der Waals surface area contributed by atoms with Crippen molar-refractivity contribution in [3.63, 3.8) is 0 Å². The fourth-order valence-corrected chi connectivity index (χ4v) is 0. The lowest BCUT2D eigenvalue weighted by molar-refractivity contribution is -0.0510. The van der Waals surface area contributed by atoms with Gasteiger partial charge in [-0.15, -0.1) is 0 Å². The van der Waals surface area contributed by atoms with Crippen LogP contribution in [0.1, 0.15) is 6.92 Å². The highest BCUT2D eigenvalue weighted by Crippen LogP contribution is 2.20. The number of nitrogens with one attached hydrogen (secondary N) is 1. The highest BCUT2D eigenvalue weighted by molar-refractivity contribution is 7.86. The Labute approximate surface area is 71.6 Å². The normalized spacial score (nSPS) is 11.5. The number of hydrogen-bond donors (Lipinski definition) is 2. The molecule has 0 aliphatic carbocycles. The van der Waals surface area contributed by atoms with E-state index >= 15 is 0 Å². The predicted octanol–water partition coefficient (Wildman–Crippen LogP) is 1.62. The van der Waals surface area contributed by atoms with E-state index in [0.29, 0.717) is 0 Å². The SMILES string of the molecule is CC(=N)Cl.O=S(=O)(O)C(F)(F)F. The molecule has 0 bridgehead atoms. The summed E-state index contributed by atoms with van der Waals surface area (Å²) in [6.07, 6.45) is 0. The van der Waals surface area contributed by atoms with Gasteiger partial charge < -0.3 is 0 Å². The van der Waals surface area contributed by atoms with Crippen molar-refractivity contribution in [2.75, 3.05) is 0 Å².